The van der Waals surface area contributed by atoms with Gasteiger partial charge in [-0.1, -0.05) is 24.3 Å². The first-order chi connectivity index (χ1) is 8.11. The zero-order valence-electron chi connectivity index (χ0n) is 10.1. The lowest BCUT2D eigenvalue weighted by Gasteiger charge is -2.21. The summed E-state index contributed by atoms with van der Waals surface area (Å²) in [6.45, 7) is 10.1. The van der Waals surface area contributed by atoms with Crippen LogP contribution in [-0.4, -0.2) is 23.9 Å². The van der Waals surface area contributed by atoms with Crippen LogP contribution in [0.4, 0.5) is 5.69 Å². The molecule has 0 saturated carbocycles. The zero-order chi connectivity index (χ0) is 12.8. The fraction of sp³-hybridized carbons (Fsp3) is 0.214. The van der Waals surface area contributed by atoms with Crippen molar-refractivity contribution in [1.82, 2.24) is 4.90 Å². The number of hydrogen-bond acceptors (Lipinski definition) is 2. The van der Waals surface area contributed by atoms with E-state index in [-0.39, 0.29) is 5.91 Å². The van der Waals surface area contributed by atoms with Crippen LogP contribution in [-0.2, 0) is 0 Å². The maximum Gasteiger partial charge on any atom is 0.256 e. The Bertz CT molecular complexity index is 408. The molecule has 0 aliphatic rings. The molecule has 2 N–H and O–H groups in total. The van der Waals surface area contributed by atoms with Crippen LogP contribution in [0.5, 0.6) is 0 Å². The van der Waals surface area contributed by atoms with Crippen LogP contribution in [0.15, 0.2) is 43.5 Å². The summed E-state index contributed by atoms with van der Waals surface area (Å²) < 4.78 is 0. The van der Waals surface area contributed by atoms with Crippen molar-refractivity contribution >= 4 is 11.6 Å². The van der Waals surface area contributed by atoms with Crippen LogP contribution in [0.3, 0.4) is 0 Å². The van der Waals surface area contributed by atoms with Crippen molar-refractivity contribution in [2.24, 2.45) is 0 Å². The molecule has 0 spiro atoms. The molecule has 0 aromatic heterocycles. The van der Waals surface area contributed by atoms with Crippen LogP contribution in [0, 0.1) is 6.92 Å². The van der Waals surface area contributed by atoms with Crippen LogP contribution < -0.4 is 5.73 Å². The average molecular weight is 230 g/mol. The molecule has 0 fully saturated rings. The monoisotopic (exact) mass is 230 g/mol. The molecule has 0 heterocycles. The zero-order valence-corrected chi connectivity index (χ0v) is 10.1. The van der Waals surface area contributed by atoms with Gasteiger partial charge in [-0.3, -0.25) is 4.79 Å². The van der Waals surface area contributed by atoms with E-state index in [1.165, 1.54) is 0 Å². The number of nitrogen functional groups attached to an aromatic ring is 1. The number of rotatable bonds is 5. The fourth-order valence-corrected chi connectivity index (χ4v) is 1.69. The van der Waals surface area contributed by atoms with E-state index in [1.54, 1.807) is 23.1 Å². The third-order valence-corrected chi connectivity index (χ3v) is 2.51. The van der Waals surface area contributed by atoms with E-state index in [0.29, 0.717) is 24.3 Å². The number of anilines is 1. The molecule has 0 aliphatic carbocycles. The molecule has 0 aliphatic heterocycles. The predicted molar refractivity (Wildman–Crippen MR) is 71.9 cm³/mol. The van der Waals surface area contributed by atoms with E-state index in [2.05, 4.69) is 13.2 Å². The SMILES string of the molecule is C=CCN(CC=C)C(=O)c1c(C)cccc1N. The lowest BCUT2D eigenvalue weighted by Crippen LogP contribution is -2.32. The molecule has 17 heavy (non-hydrogen) atoms. The predicted octanol–water partition coefficient (Wildman–Crippen LogP) is 2.39. The van der Waals surface area contributed by atoms with Gasteiger partial charge in [0, 0.05) is 18.8 Å². The first kappa shape index (κ1) is 13.0. The second-order valence-electron chi connectivity index (χ2n) is 3.83. The molecule has 1 aromatic carbocycles. The van der Waals surface area contributed by atoms with Gasteiger partial charge in [0.25, 0.3) is 5.91 Å². The van der Waals surface area contributed by atoms with Crippen molar-refractivity contribution in [3.05, 3.63) is 54.6 Å². The molecule has 3 heteroatoms. The molecule has 1 amide bonds. The topological polar surface area (TPSA) is 46.3 Å². The summed E-state index contributed by atoms with van der Waals surface area (Å²) in [6.07, 6.45) is 3.38. The Balaban J connectivity index is 3.08. The lowest BCUT2D eigenvalue weighted by molar-refractivity contribution is 0.0791. The minimum absolute atomic E-state index is 0.0830. The highest BCUT2D eigenvalue weighted by Crippen LogP contribution is 2.18. The minimum Gasteiger partial charge on any atom is -0.398 e. The van der Waals surface area contributed by atoms with E-state index in [1.807, 2.05) is 19.1 Å². The molecule has 3 nitrogen and oxygen atoms in total. The Kier molecular flexibility index (Phi) is 4.52. The van der Waals surface area contributed by atoms with Gasteiger partial charge in [-0.15, -0.1) is 13.2 Å². The van der Waals surface area contributed by atoms with Gasteiger partial charge in [-0.05, 0) is 18.6 Å². The maximum absolute atomic E-state index is 12.3. The van der Waals surface area contributed by atoms with Crippen molar-refractivity contribution in [2.45, 2.75) is 6.92 Å². The van der Waals surface area contributed by atoms with Gasteiger partial charge in [-0.25, -0.2) is 0 Å². The number of nitrogens with zero attached hydrogens (tertiary/aromatic N) is 1. The highest BCUT2D eigenvalue weighted by Gasteiger charge is 2.17. The molecule has 0 saturated heterocycles. The van der Waals surface area contributed by atoms with E-state index >= 15 is 0 Å². The second kappa shape index (κ2) is 5.89. The number of hydrogen-bond donors (Lipinski definition) is 1. The first-order valence-electron chi connectivity index (χ1n) is 5.48. The lowest BCUT2D eigenvalue weighted by atomic mass is 10.1. The average Bonchev–Trinajstić information content (AvgIpc) is 2.28. The second-order valence-corrected chi connectivity index (χ2v) is 3.83. The molecule has 0 radical (unpaired) electrons. The van der Waals surface area contributed by atoms with Crippen LogP contribution in [0.25, 0.3) is 0 Å². The maximum atomic E-state index is 12.3. The molecule has 90 valence electrons. The van der Waals surface area contributed by atoms with Gasteiger partial charge in [-0.2, -0.15) is 0 Å². The normalized spacial score (nSPS) is 9.71. The molecule has 1 rings (SSSR count). The van der Waals surface area contributed by atoms with Crippen molar-refractivity contribution < 1.29 is 4.79 Å². The minimum atomic E-state index is -0.0830. The number of nitrogens with two attached hydrogens (primary N) is 1. The Morgan fingerprint density at radius 2 is 1.94 bits per heavy atom. The largest absolute Gasteiger partial charge is 0.398 e. The van der Waals surface area contributed by atoms with Crippen LogP contribution >= 0.6 is 0 Å². The summed E-state index contributed by atoms with van der Waals surface area (Å²) in [7, 11) is 0. The van der Waals surface area contributed by atoms with Gasteiger partial charge < -0.3 is 10.6 Å². The Morgan fingerprint density at radius 1 is 1.35 bits per heavy atom. The third-order valence-electron chi connectivity index (χ3n) is 2.51. The number of benzene rings is 1. The van der Waals surface area contributed by atoms with Crippen molar-refractivity contribution in [1.29, 1.82) is 0 Å². The Hall–Kier alpha value is -2.03. The van der Waals surface area contributed by atoms with Gasteiger partial charge >= 0.3 is 0 Å². The summed E-state index contributed by atoms with van der Waals surface area (Å²) >= 11 is 0. The summed E-state index contributed by atoms with van der Waals surface area (Å²) in [5.74, 6) is -0.0830. The van der Waals surface area contributed by atoms with E-state index in [9.17, 15) is 4.79 Å². The molecule has 0 bridgehead atoms. The van der Waals surface area contributed by atoms with E-state index in [4.69, 9.17) is 5.73 Å². The smallest absolute Gasteiger partial charge is 0.256 e. The summed E-state index contributed by atoms with van der Waals surface area (Å²) in [4.78, 5) is 14.0. The highest BCUT2D eigenvalue weighted by molar-refractivity contribution is 6.00. The first-order valence-corrected chi connectivity index (χ1v) is 5.48. The van der Waals surface area contributed by atoms with Gasteiger partial charge in [0.2, 0.25) is 0 Å². The standard InChI is InChI=1S/C14H18N2O/c1-4-9-16(10-5-2)14(17)13-11(3)7-6-8-12(13)15/h4-8H,1-2,9-10,15H2,3H3. The van der Waals surface area contributed by atoms with Crippen molar-refractivity contribution in [3.63, 3.8) is 0 Å². The fourth-order valence-electron chi connectivity index (χ4n) is 1.69. The van der Waals surface area contributed by atoms with Gasteiger partial charge in [0.05, 0.1) is 5.56 Å². The molecular weight excluding hydrogens is 212 g/mol. The summed E-state index contributed by atoms with van der Waals surface area (Å²) in [6, 6.07) is 5.45. The van der Waals surface area contributed by atoms with Crippen molar-refractivity contribution in [3.8, 4) is 0 Å². The quantitative estimate of drug-likeness (QED) is 0.623. The molecular formula is C14H18N2O. The van der Waals surface area contributed by atoms with Gasteiger partial charge in [0.1, 0.15) is 0 Å². The van der Waals surface area contributed by atoms with E-state index in [0.717, 1.165) is 5.56 Å². The number of aryl methyl sites for hydroxylation is 1. The molecule has 0 unspecified atom stereocenters. The Morgan fingerprint density at radius 3 is 2.41 bits per heavy atom. The van der Waals surface area contributed by atoms with Crippen LogP contribution in [0.2, 0.25) is 0 Å². The third kappa shape index (κ3) is 2.97. The van der Waals surface area contributed by atoms with Crippen molar-refractivity contribution in [2.75, 3.05) is 18.8 Å². The summed E-state index contributed by atoms with van der Waals surface area (Å²) in [5.41, 5.74) is 7.81. The van der Waals surface area contributed by atoms with E-state index < -0.39 is 0 Å². The van der Waals surface area contributed by atoms with Crippen LogP contribution in [0.1, 0.15) is 15.9 Å². The summed E-state index contributed by atoms with van der Waals surface area (Å²) in [5, 5.41) is 0. The number of carbonyl (C=O) groups is 1. The van der Waals surface area contributed by atoms with Gasteiger partial charge in [0.15, 0.2) is 0 Å². The number of carbonyl (C=O) groups excluding carboxylic acids is 1. The highest BCUT2D eigenvalue weighted by atomic mass is 16.2. The number of amides is 1. The molecule has 0 atom stereocenters. The Labute approximate surface area is 102 Å². The molecule has 1 aromatic rings.